The lowest BCUT2D eigenvalue weighted by atomic mass is 9.95. The molecular formula is C48H69B2N8O10P. The highest BCUT2D eigenvalue weighted by Gasteiger charge is 2.36. The van der Waals surface area contributed by atoms with E-state index in [9.17, 15) is 28.9 Å². The Labute approximate surface area is 410 Å². The summed E-state index contributed by atoms with van der Waals surface area (Å²) < 4.78 is 24.4. The van der Waals surface area contributed by atoms with Crippen molar-refractivity contribution in [3.63, 3.8) is 0 Å². The van der Waals surface area contributed by atoms with Crippen molar-refractivity contribution < 1.29 is 47.4 Å². The van der Waals surface area contributed by atoms with Crippen molar-refractivity contribution in [1.29, 1.82) is 0 Å². The van der Waals surface area contributed by atoms with Crippen LogP contribution in [-0.4, -0.2) is 140 Å². The molecule has 4 N–H and O–H groups in total. The summed E-state index contributed by atoms with van der Waals surface area (Å²) in [6.45, 7) is 9.81. The molecule has 4 radical (unpaired) electrons. The van der Waals surface area contributed by atoms with Gasteiger partial charge in [-0.3, -0.25) is 24.0 Å². The van der Waals surface area contributed by atoms with Crippen LogP contribution in [0.2, 0.25) is 6.32 Å². The maximum Gasteiger partial charge on any atom is 0.330 e. The Morgan fingerprint density at radius 2 is 1.59 bits per heavy atom. The minimum atomic E-state index is -2.08. The van der Waals surface area contributed by atoms with Crippen LogP contribution in [-0.2, 0) is 55.6 Å². The number of nitrogens with zero attached hydrogens (tertiary/aromatic N) is 5. The summed E-state index contributed by atoms with van der Waals surface area (Å²) >= 11 is 0. The van der Waals surface area contributed by atoms with Crippen LogP contribution in [0.1, 0.15) is 104 Å². The molecule has 2 aromatic carbocycles. The molecule has 372 valence electrons. The normalized spacial score (nSPS) is 16.8. The van der Waals surface area contributed by atoms with Gasteiger partial charge in [-0.1, -0.05) is 66.9 Å². The predicted molar refractivity (Wildman–Crippen MR) is 265 cm³/mol. The Morgan fingerprint density at radius 3 is 2.36 bits per heavy atom. The van der Waals surface area contributed by atoms with Gasteiger partial charge in [0.2, 0.25) is 29.5 Å². The SMILES string of the molecule is [B]CC(=O)N(CCNC(=O)CCCCCn1nnc2c1-c1ccccc1CN(C(=O)CCC(=O)NCCCCCCOP(O)OC1CC([B])OC1COC(C)C)c1ccccc1-2)CC(=O)NC(C)C. The van der Waals surface area contributed by atoms with Crippen LogP contribution < -0.4 is 20.9 Å². The first-order chi connectivity index (χ1) is 33.2. The van der Waals surface area contributed by atoms with Gasteiger partial charge in [-0.2, -0.15) is 0 Å². The highest BCUT2D eigenvalue weighted by Crippen LogP contribution is 2.42. The molecule has 5 amide bonds. The number of aromatic nitrogens is 3. The van der Waals surface area contributed by atoms with Crippen LogP contribution in [0, 0.1) is 0 Å². The second-order valence-corrected chi connectivity index (χ2v) is 18.8. The monoisotopic (exact) mass is 971 g/mol. The molecule has 2 aliphatic heterocycles. The van der Waals surface area contributed by atoms with Gasteiger partial charge in [0.25, 0.3) is 0 Å². The first-order valence-electron chi connectivity index (χ1n) is 24.3. The Kier molecular flexibility index (Phi) is 23.1. The summed E-state index contributed by atoms with van der Waals surface area (Å²) in [6, 6.07) is 15.0. The van der Waals surface area contributed by atoms with Crippen LogP contribution in [0.25, 0.3) is 22.5 Å². The number of hydrogen-bond donors (Lipinski definition) is 4. The molecule has 3 heterocycles. The Balaban J connectivity index is 1.04. The number of unbranched alkanes of at least 4 members (excludes halogenated alkanes) is 5. The summed E-state index contributed by atoms with van der Waals surface area (Å²) in [5.74, 6) is -1.17. The topological polar surface area (TPSA) is 216 Å². The van der Waals surface area contributed by atoms with Gasteiger partial charge in [0, 0.05) is 68.6 Å². The molecule has 21 heteroatoms. The lowest BCUT2D eigenvalue weighted by Gasteiger charge is -2.28. The molecule has 0 saturated carbocycles. The molecular weight excluding hydrogens is 901 g/mol. The van der Waals surface area contributed by atoms with Crippen molar-refractivity contribution in [2.24, 2.45) is 0 Å². The summed E-state index contributed by atoms with van der Waals surface area (Å²) in [6.07, 6.45) is 5.21. The van der Waals surface area contributed by atoms with E-state index in [1.165, 1.54) is 4.90 Å². The zero-order chi connectivity index (χ0) is 49.7. The van der Waals surface area contributed by atoms with Gasteiger partial charge in [-0.25, -0.2) is 4.68 Å². The standard InChI is InChI=1S/C48H69B2N8O10P/c1-33(2)53-44(61)31-56(46(63)29-49)26-24-52-42(59)20-8-7-14-25-58-48-36-17-10-9-16-35(36)30-57(38-19-12-11-18-37(38)47(48)54-55-58)45(62)22-21-43(60)51-23-13-5-6-15-27-66-69(64)68-39-28-41(50)67-40(39)32-65-34(3)4/h9-12,16-19,33-34,39-41,64H,5-8,13-15,20-32H2,1-4H3,(H,51,60)(H,52,59)(H,53,61). The molecule has 0 aliphatic carbocycles. The van der Waals surface area contributed by atoms with E-state index < -0.39 is 20.7 Å². The number of carbonyl (C=O) groups excluding carboxylic acids is 5. The van der Waals surface area contributed by atoms with E-state index in [2.05, 4.69) is 26.3 Å². The zero-order valence-corrected chi connectivity index (χ0v) is 41.5. The molecule has 1 fully saturated rings. The number of carbonyl (C=O) groups is 5. The van der Waals surface area contributed by atoms with Gasteiger partial charge in [0.1, 0.15) is 19.6 Å². The van der Waals surface area contributed by atoms with E-state index in [0.29, 0.717) is 63.5 Å². The first kappa shape index (κ1) is 55.2. The second kappa shape index (κ2) is 28.8. The number of hydrogen-bond acceptors (Lipinski definition) is 12. The van der Waals surface area contributed by atoms with Crippen molar-refractivity contribution in [1.82, 2.24) is 35.8 Å². The fraction of sp³-hybridized carbons (Fsp3) is 0.604. The molecule has 3 aromatic rings. The minimum absolute atomic E-state index is 0.0252. The number of benzene rings is 2. The summed E-state index contributed by atoms with van der Waals surface area (Å²) in [4.78, 5) is 77.4. The van der Waals surface area contributed by atoms with Gasteiger partial charge in [0.05, 0.1) is 57.7 Å². The maximum atomic E-state index is 14.0. The number of fused-ring (bicyclic) bond motifs is 5. The fourth-order valence-electron chi connectivity index (χ4n) is 8.13. The Hall–Kier alpha value is -4.71. The third-order valence-corrected chi connectivity index (χ3v) is 12.4. The molecule has 5 rings (SSSR count). The van der Waals surface area contributed by atoms with E-state index in [4.69, 9.17) is 34.2 Å². The zero-order valence-electron chi connectivity index (χ0n) is 40.6. The fourth-order valence-corrected chi connectivity index (χ4v) is 8.93. The molecule has 0 spiro atoms. The minimum Gasteiger partial charge on any atom is -0.380 e. The third-order valence-electron chi connectivity index (χ3n) is 11.6. The number of ether oxygens (including phenoxy) is 2. The van der Waals surface area contributed by atoms with Crippen molar-refractivity contribution in [2.45, 2.75) is 148 Å². The van der Waals surface area contributed by atoms with Crippen molar-refractivity contribution in [2.75, 3.05) is 44.3 Å². The van der Waals surface area contributed by atoms with Crippen LogP contribution in [0.3, 0.4) is 0 Å². The smallest absolute Gasteiger partial charge is 0.330 e. The molecule has 0 bridgehead atoms. The summed E-state index contributed by atoms with van der Waals surface area (Å²) in [5.41, 5.74) is 4.78. The van der Waals surface area contributed by atoms with Gasteiger partial charge in [-0.05, 0) is 77.7 Å². The van der Waals surface area contributed by atoms with Crippen molar-refractivity contribution >= 4 is 59.5 Å². The average Bonchev–Trinajstić information content (AvgIpc) is 3.89. The lowest BCUT2D eigenvalue weighted by molar-refractivity contribution is -0.134. The van der Waals surface area contributed by atoms with Crippen LogP contribution in [0.4, 0.5) is 5.69 Å². The molecule has 4 unspecified atom stereocenters. The summed E-state index contributed by atoms with van der Waals surface area (Å²) in [5, 5.41) is 17.8. The van der Waals surface area contributed by atoms with Gasteiger partial charge in [0.15, 0.2) is 0 Å². The van der Waals surface area contributed by atoms with Crippen LogP contribution in [0.15, 0.2) is 48.5 Å². The quantitative estimate of drug-likeness (QED) is 0.0417. The lowest BCUT2D eigenvalue weighted by Crippen LogP contribution is -2.45. The third kappa shape index (κ3) is 17.9. The van der Waals surface area contributed by atoms with Crippen molar-refractivity contribution in [3.8, 4) is 22.5 Å². The maximum absolute atomic E-state index is 14.0. The highest BCUT2D eigenvalue weighted by molar-refractivity contribution is 7.40. The largest absolute Gasteiger partial charge is 0.380 e. The average molecular weight is 971 g/mol. The number of amides is 5. The van der Waals surface area contributed by atoms with Crippen molar-refractivity contribution in [3.05, 3.63) is 54.1 Å². The molecule has 1 aromatic heterocycles. The Morgan fingerprint density at radius 1 is 0.884 bits per heavy atom. The van der Waals surface area contributed by atoms with Gasteiger partial charge < -0.3 is 49.2 Å². The van der Waals surface area contributed by atoms with E-state index in [1.807, 2.05) is 80.9 Å². The number of nitrogens with one attached hydrogen (secondary N) is 3. The van der Waals surface area contributed by atoms with Gasteiger partial charge >= 0.3 is 8.60 Å². The highest BCUT2D eigenvalue weighted by atomic mass is 31.2. The summed E-state index contributed by atoms with van der Waals surface area (Å²) in [7, 11) is 9.38. The van der Waals surface area contributed by atoms with E-state index >= 15 is 0 Å². The molecule has 69 heavy (non-hydrogen) atoms. The number of para-hydroxylation sites is 1. The van der Waals surface area contributed by atoms with E-state index in [1.54, 1.807) is 4.90 Å². The molecule has 1 saturated heterocycles. The van der Waals surface area contributed by atoms with E-state index in [-0.39, 0.29) is 86.6 Å². The number of rotatable bonds is 29. The molecule has 18 nitrogen and oxygen atoms in total. The van der Waals surface area contributed by atoms with Crippen LogP contribution in [0.5, 0.6) is 0 Å². The molecule has 2 aliphatic rings. The predicted octanol–water partition coefficient (Wildman–Crippen LogP) is 4.86. The second-order valence-electron chi connectivity index (χ2n) is 17.9. The number of anilines is 1. The number of aryl methyl sites for hydroxylation is 1. The van der Waals surface area contributed by atoms with E-state index in [0.717, 1.165) is 60.9 Å². The molecule has 4 atom stereocenters. The Bertz CT molecular complexity index is 2130. The van der Waals surface area contributed by atoms with Crippen LogP contribution >= 0.6 is 8.60 Å². The first-order valence-corrected chi connectivity index (χ1v) is 25.4. The van der Waals surface area contributed by atoms with Gasteiger partial charge in [-0.15, -0.1) is 5.10 Å².